The molecule has 0 amide bonds. The lowest BCUT2D eigenvalue weighted by atomic mass is 10.0. The van der Waals surface area contributed by atoms with Crippen LogP contribution >= 0.6 is 0 Å². The molecule has 0 saturated carbocycles. The highest BCUT2D eigenvalue weighted by Gasteiger charge is 1.95. The van der Waals surface area contributed by atoms with E-state index in [1.54, 1.807) is 0 Å². The smallest absolute Gasteiger partial charge is 0.329 e. The van der Waals surface area contributed by atoms with Gasteiger partial charge in [-0.3, -0.25) is 4.79 Å². The van der Waals surface area contributed by atoms with E-state index in [-0.39, 0.29) is 0 Å². The summed E-state index contributed by atoms with van der Waals surface area (Å²) in [5, 5.41) is 15.0. The lowest BCUT2D eigenvalue weighted by Gasteiger charge is -2.00. The van der Waals surface area contributed by atoms with E-state index in [2.05, 4.69) is 24.3 Å². The van der Waals surface area contributed by atoms with Crippen LogP contribution in [0.2, 0.25) is 0 Å². The highest BCUT2D eigenvalue weighted by atomic mass is 16.4. The van der Waals surface area contributed by atoms with Crippen LogP contribution in [-0.2, 0) is 11.2 Å². The molecule has 4 N–H and O–H groups in total. The molecular weight excluding hydrogens is 354 g/mol. The monoisotopic (exact) mass is 379 g/mol. The van der Waals surface area contributed by atoms with Crippen molar-refractivity contribution in [1.82, 2.24) is 0 Å². The molecule has 0 aromatic heterocycles. The minimum absolute atomic E-state index is 0.713. The van der Waals surface area contributed by atoms with E-state index < -0.39 is 12.6 Å². The first-order valence-corrected chi connectivity index (χ1v) is 8.78. The second-order valence-corrected chi connectivity index (χ2v) is 5.68. The van der Waals surface area contributed by atoms with E-state index in [1.807, 2.05) is 60.7 Å². The molecule has 0 bridgehead atoms. The standard InChI is InChI=1S/C13H10O.C8H11N.C2H4O3/c14-10-11-6-8-13(9-7-11)12-4-2-1-3-5-12;9-7-6-8-4-2-1-3-5-8;3-1-2(4)5/h1-10H;1-5H,6-7,9H2;3H,1H2,(H,4,5). The van der Waals surface area contributed by atoms with Crippen molar-refractivity contribution in [3.05, 3.63) is 96.1 Å². The molecule has 3 rings (SSSR count). The predicted octanol–water partition coefficient (Wildman–Crippen LogP) is 3.42. The maximum Gasteiger partial charge on any atom is 0.329 e. The normalized spacial score (nSPS) is 9.21. The summed E-state index contributed by atoms with van der Waals surface area (Å²) in [6, 6.07) is 27.9. The van der Waals surface area contributed by atoms with Gasteiger partial charge in [-0.2, -0.15) is 0 Å². The van der Waals surface area contributed by atoms with Gasteiger partial charge in [0.2, 0.25) is 0 Å². The number of aliphatic hydroxyl groups is 1. The van der Waals surface area contributed by atoms with E-state index in [0.717, 1.165) is 24.8 Å². The minimum Gasteiger partial charge on any atom is -0.480 e. The maximum absolute atomic E-state index is 10.5. The van der Waals surface area contributed by atoms with Crippen molar-refractivity contribution >= 4 is 12.3 Å². The number of rotatable bonds is 5. The zero-order valence-corrected chi connectivity index (χ0v) is 15.6. The Morgan fingerprint density at radius 3 is 1.71 bits per heavy atom. The first kappa shape index (κ1) is 22.8. The van der Waals surface area contributed by atoms with E-state index in [4.69, 9.17) is 20.7 Å². The van der Waals surface area contributed by atoms with Crippen LogP contribution in [0.5, 0.6) is 0 Å². The topological polar surface area (TPSA) is 101 Å². The van der Waals surface area contributed by atoms with Crippen LogP contribution < -0.4 is 5.73 Å². The van der Waals surface area contributed by atoms with Crippen molar-refractivity contribution in [3.8, 4) is 11.1 Å². The van der Waals surface area contributed by atoms with E-state index in [0.29, 0.717) is 5.56 Å². The highest BCUT2D eigenvalue weighted by molar-refractivity contribution is 5.76. The van der Waals surface area contributed by atoms with Gasteiger partial charge in [0.15, 0.2) is 0 Å². The molecule has 0 heterocycles. The van der Waals surface area contributed by atoms with Crippen LogP contribution in [-0.4, -0.2) is 35.6 Å². The number of carbonyl (C=O) groups excluding carboxylic acids is 1. The molecule has 3 aromatic rings. The maximum atomic E-state index is 10.5. The number of hydrogen-bond acceptors (Lipinski definition) is 4. The Morgan fingerprint density at radius 1 is 0.821 bits per heavy atom. The van der Waals surface area contributed by atoms with Crippen molar-refractivity contribution < 1.29 is 19.8 Å². The largest absolute Gasteiger partial charge is 0.480 e. The Morgan fingerprint density at radius 2 is 1.29 bits per heavy atom. The Bertz CT molecular complexity index is 803. The van der Waals surface area contributed by atoms with Gasteiger partial charge in [-0.05, 0) is 29.7 Å². The van der Waals surface area contributed by atoms with Crippen LogP contribution in [0.15, 0.2) is 84.9 Å². The third-order valence-electron chi connectivity index (χ3n) is 3.56. The Labute approximate surface area is 165 Å². The first-order chi connectivity index (χ1) is 13.6. The number of carboxylic acid groups (broad SMARTS) is 1. The fourth-order valence-corrected chi connectivity index (χ4v) is 2.20. The molecule has 0 aliphatic carbocycles. The quantitative estimate of drug-likeness (QED) is 0.590. The lowest BCUT2D eigenvalue weighted by Crippen LogP contribution is -2.01. The van der Waals surface area contributed by atoms with E-state index in [1.165, 1.54) is 11.1 Å². The third-order valence-corrected chi connectivity index (χ3v) is 3.56. The molecule has 5 heteroatoms. The molecule has 0 aliphatic rings. The number of aliphatic carboxylic acids is 1. The molecule has 0 aliphatic heterocycles. The van der Waals surface area contributed by atoms with Crippen LogP contribution in [0.1, 0.15) is 15.9 Å². The molecule has 0 unspecified atom stereocenters. The Hall–Kier alpha value is -3.28. The molecule has 0 fully saturated rings. The predicted molar refractivity (Wildman–Crippen MR) is 111 cm³/mol. The van der Waals surface area contributed by atoms with Gasteiger partial charge in [-0.25, -0.2) is 4.79 Å². The fourth-order valence-electron chi connectivity index (χ4n) is 2.20. The number of carboxylic acids is 1. The summed E-state index contributed by atoms with van der Waals surface area (Å²) in [4.78, 5) is 19.6. The van der Waals surface area contributed by atoms with E-state index >= 15 is 0 Å². The molecule has 5 nitrogen and oxygen atoms in total. The number of benzene rings is 3. The molecule has 146 valence electrons. The van der Waals surface area contributed by atoms with Crippen LogP contribution in [0.3, 0.4) is 0 Å². The molecule has 28 heavy (non-hydrogen) atoms. The summed E-state index contributed by atoms with van der Waals surface area (Å²) in [6.45, 7) is -0.0377. The molecule has 3 aromatic carbocycles. The number of nitrogens with two attached hydrogens (primary N) is 1. The van der Waals surface area contributed by atoms with Crippen molar-refractivity contribution in [2.75, 3.05) is 13.2 Å². The average molecular weight is 379 g/mol. The van der Waals surface area contributed by atoms with E-state index in [9.17, 15) is 4.79 Å². The number of aliphatic hydroxyl groups excluding tert-OH is 1. The number of aldehydes is 1. The van der Waals surface area contributed by atoms with Crippen molar-refractivity contribution in [1.29, 1.82) is 0 Å². The van der Waals surface area contributed by atoms with Crippen LogP contribution in [0.25, 0.3) is 11.1 Å². The van der Waals surface area contributed by atoms with Gasteiger partial charge in [0.25, 0.3) is 0 Å². The molecule has 0 atom stereocenters. The van der Waals surface area contributed by atoms with Crippen molar-refractivity contribution in [3.63, 3.8) is 0 Å². The number of carbonyl (C=O) groups is 2. The summed E-state index contributed by atoms with van der Waals surface area (Å²) in [6.07, 6.45) is 1.84. The zero-order valence-electron chi connectivity index (χ0n) is 15.6. The summed E-state index contributed by atoms with van der Waals surface area (Å²) in [5.74, 6) is -1.19. The lowest BCUT2D eigenvalue weighted by molar-refractivity contribution is -0.140. The van der Waals surface area contributed by atoms with Crippen molar-refractivity contribution in [2.45, 2.75) is 6.42 Å². The van der Waals surface area contributed by atoms with Crippen LogP contribution in [0, 0.1) is 0 Å². The fraction of sp³-hybridized carbons (Fsp3) is 0.130. The molecule has 0 spiro atoms. The van der Waals surface area contributed by atoms with Gasteiger partial charge >= 0.3 is 5.97 Å². The second kappa shape index (κ2) is 13.9. The van der Waals surface area contributed by atoms with Crippen LogP contribution in [0.4, 0.5) is 0 Å². The minimum atomic E-state index is -1.19. The highest BCUT2D eigenvalue weighted by Crippen LogP contribution is 2.18. The van der Waals surface area contributed by atoms with Gasteiger partial charge in [0.1, 0.15) is 12.9 Å². The Kier molecular flexibility index (Phi) is 11.3. The SMILES string of the molecule is NCCc1ccccc1.O=C(O)CO.O=Cc1ccc(-c2ccccc2)cc1. The molecular formula is C23H25NO4. The van der Waals surface area contributed by atoms with Gasteiger partial charge in [-0.15, -0.1) is 0 Å². The summed E-state index contributed by atoms with van der Waals surface area (Å²) < 4.78 is 0. The third kappa shape index (κ3) is 9.43. The van der Waals surface area contributed by atoms with Gasteiger partial charge in [0, 0.05) is 5.56 Å². The second-order valence-electron chi connectivity index (χ2n) is 5.68. The Balaban J connectivity index is 0.000000241. The zero-order chi connectivity index (χ0) is 20.6. The average Bonchev–Trinajstić information content (AvgIpc) is 2.76. The van der Waals surface area contributed by atoms with Gasteiger partial charge in [-0.1, -0.05) is 84.9 Å². The summed E-state index contributed by atoms with van der Waals surface area (Å²) in [7, 11) is 0. The summed E-state index contributed by atoms with van der Waals surface area (Å²) in [5.41, 5.74) is 9.70. The summed E-state index contributed by atoms with van der Waals surface area (Å²) >= 11 is 0. The van der Waals surface area contributed by atoms with Crippen molar-refractivity contribution in [2.24, 2.45) is 5.73 Å². The molecule has 0 radical (unpaired) electrons. The van der Waals surface area contributed by atoms with Gasteiger partial charge in [0.05, 0.1) is 0 Å². The van der Waals surface area contributed by atoms with Gasteiger partial charge < -0.3 is 15.9 Å². The number of hydrogen-bond donors (Lipinski definition) is 3. The first-order valence-electron chi connectivity index (χ1n) is 8.78. The molecule has 0 saturated heterocycles.